The lowest BCUT2D eigenvalue weighted by atomic mass is 10.1. The summed E-state index contributed by atoms with van der Waals surface area (Å²) in [5.74, 6) is 1.10. The van der Waals surface area contributed by atoms with Gasteiger partial charge in [-0.05, 0) is 30.5 Å². The van der Waals surface area contributed by atoms with Crippen molar-refractivity contribution < 1.29 is 9.18 Å². The van der Waals surface area contributed by atoms with E-state index in [4.69, 9.17) is 0 Å². The normalized spacial score (nSPS) is 14.6. The fourth-order valence-corrected chi connectivity index (χ4v) is 5.15. The number of fused-ring (bicyclic) bond motifs is 1. The number of halogens is 1. The molecule has 1 amide bonds. The summed E-state index contributed by atoms with van der Waals surface area (Å²) in [4.78, 5) is 32.6. The van der Waals surface area contributed by atoms with Crippen LogP contribution in [0.2, 0.25) is 0 Å². The number of hydrogen-bond donors (Lipinski definition) is 2. The summed E-state index contributed by atoms with van der Waals surface area (Å²) < 4.78 is 13.2. The molecule has 1 aromatic carbocycles. The second-order valence-corrected chi connectivity index (χ2v) is 8.73. The minimum Gasteiger partial charge on any atom is -0.353 e. The van der Waals surface area contributed by atoms with Crippen molar-refractivity contribution in [1.82, 2.24) is 15.3 Å². The largest absolute Gasteiger partial charge is 0.353 e. The summed E-state index contributed by atoms with van der Waals surface area (Å²) in [6, 6.07) is 6.38. The van der Waals surface area contributed by atoms with Crippen LogP contribution in [0.5, 0.6) is 0 Å². The first-order valence-electron chi connectivity index (χ1n) is 9.23. The Hall–Kier alpha value is -2.19. The number of nitrogens with zero attached hydrogens (tertiary/aromatic N) is 1. The maximum absolute atomic E-state index is 13.2. The molecule has 8 heteroatoms. The summed E-state index contributed by atoms with van der Waals surface area (Å²) in [7, 11) is 0. The van der Waals surface area contributed by atoms with E-state index < -0.39 is 0 Å². The number of nitrogens with one attached hydrogen (secondary N) is 2. The van der Waals surface area contributed by atoms with E-state index in [2.05, 4.69) is 15.3 Å². The molecule has 146 valence electrons. The molecular formula is C20H20FN3O2S2. The highest BCUT2D eigenvalue weighted by Crippen LogP contribution is 2.31. The number of hydrogen-bond acceptors (Lipinski definition) is 5. The first-order chi connectivity index (χ1) is 13.6. The maximum atomic E-state index is 13.2. The highest BCUT2D eigenvalue weighted by atomic mass is 32.2. The topological polar surface area (TPSA) is 74.8 Å². The van der Waals surface area contributed by atoms with E-state index >= 15 is 0 Å². The smallest absolute Gasteiger partial charge is 0.260 e. The van der Waals surface area contributed by atoms with Gasteiger partial charge < -0.3 is 10.3 Å². The van der Waals surface area contributed by atoms with Gasteiger partial charge in [0.15, 0.2) is 0 Å². The monoisotopic (exact) mass is 417 g/mol. The summed E-state index contributed by atoms with van der Waals surface area (Å²) in [5, 5.41) is 5.44. The second-order valence-electron chi connectivity index (χ2n) is 6.89. The Morgan fingerprint density at radius 1 is 1.29 bits per heavy atom. The predicted molar refractivity (Wildman–Crippen MR) is 112 cm³/mol. The molecule has 2 aromatic heterocycles. The molecule has 5 nitrogen and oxygen atoms in total. The Morgan fingerprint density at radius 2 is 2.04 bits per heavy atom. The molecule has 0 unspecified atom stereocenters. The average molecular weight is 418 g/mol. The lowest BCUT2D eigenvalue weighted by Gasteiger charge is -2.11. The number of thiophene rings is 1. The first kappa shape index (κ1) is 19.1. The number of thioether (sulfide) groups is 1. The lowest BCUT2D eigenvalue weighted by Crippen LogP contribution is -2.33. The van der Waals surface area contributed by atoms with E-state index in [1.807, 2.05) is 5.38 Å². The van der Waals surface area contributed by atoms with Crippen molar-refractivity contribution in [3.8, 4) is 11.1 Å². The minimum atomic E-state index is -0.313. The fraction of sp³-hybridized carbons (Fsp3) is 0.350. The van der Waals surface area contributed by atoms with Crippen molar-refractivity contribution in [2.24, 2.45) is 0 Å². The number of carbonyl (C=O) groups is 1. The molecule has 28 heavy (non-hydrogen) atoms. The molecule has 0 saturated heterocycles. The van der Waals surface area contributed by atoms with Crippen molar-refractivity contribution >= 4 is 39.2 Å². The summed E-state index contributed by atoms with van der Waals surface area (Å²) in [6.07, 6.45) is 4.50. The molecule has 0 bridgehead atoms. The van der Waals surface area contributed by atoms with Crippen molar-refractivity contribution in [1.29, 1.82) is 0 Å². The zero-order valence-corrected chi connectivity index (χ0v) is 16.8. The Bertz CT molecular complexity index is 1040. The molecule has 1 saturated carbocycles. The van der Waals surface area contributed by atoms with Crippen LogP contribution in [-0.2, 0) is 10.5 Å². The summed E-state index contributed by atoms with van der Waals surface area (Å²) in [6.45, 7) is 0. The molecule has 3 aromatic rings. The molecule has 0 radical (unpaired) electrons. The number of carbonyl (C=O) groups excluding carboxylic acids is 1. The van der Waals surface area contributed by atoms with Gasteiger partial charge in [0.05, 0.1) is 16.9 Å². The van der Waals surface area contributed by atoms with Crippen LogP contribution in [0.25, 0.3) is 21.3 Å². The van der Waals surface area contributed by atoms with E-state index in [0.717, 1.165) is 24.0 Å². The van der Waals surface area contributed by atoms with Crippen LogP contribution in [0, 0.1) is 5.82 Å². The third-order valence-electron chi connectivity index (χ3n) is 4.84. The van der Waals surface area contributed by atoms with Crippen molar-refractivity contribution in [2.45, 2.75) is 37.5 Å². The predicted octanol–water partition coefficient (Wildman–Crippen LogP) is 4.08. The average Bonchev–Trinajstić information content (AvgIpc) is 3.32. The highest BCUT2D eigenvalue weighted by Gasteiger charge is 2.17. The van der Waals surface area contributed by atoms with Gasteiger partial charge in [-0.2, -0.15) is 0 Å². The SMILES string of the molecule is O=C(CSCc1nc2scc(-c3ccc(F)cc3)c2c(=O)[nH]1)NC1CCCC1. The molecular weight excluding hydrogens is 397 g/mol. The number of benzene rings is 1. The molecule has 1 aliphatic rings. The van der Waals surface area contributed by atoms with Crippen molar-refractivity contribution in [2.75, 3.05) is 5.75 Å². The standard InChI is InChI=1S/C20H20FN3O2S2/c21-13-7-5-12(6-8-13)15-9-28-20-18(15)19(26)23-16(24-20)10-27-11-17(25)22-14-3-1-2-4-14/h5-9,14H,1-4,10-11H2,(H,22,25)(H,23,24,26). The lowest BCUT2D eigenvalue weighted by molar-refractivity contribution is -0.119. The molecule has 2 N–H and O–H groups in total. The van der Waals surface area contributed by atoms with Gasteiger partial charge >= 0.3 is 0 Å². The molecule has 0 spiro atoms. The fourth-order valence-electron chi connectivity index (χ4n) is 3.48. The van der Waals surface area contributed by atoms with Gasteiger partial charge in [0.1, 0.15) is 16.5 Å². The van der Waals surface area contributed by atoms with Crippen molar-refractivity contribution in [3.63, 3.8) is 0 Å². The van der Waals surface area contributed by atoms with Gasteiger partial charge in [-0.3, -0.25) is 9.59 Å². The number of rotatable bonds is 6. The number of amides is 1. The van der Waals surface area contributed by atoms with Crippen molar-refractivity contribution in [3.05, 3.63) is 51.6 Å². The number of aromatic nitrogens is 2. The van der Waals surface area contributed by atoms with Crippen LogP contribution in [-0.4, -0.2) is 27.7 Å². The van der Waals surface area contributed by atoms with E-state index in [1.165, 1.54) is 48.1 Å². The second kappa shape index (κ2) is 8.45. The summed E-state index contributed by atoms with van der Waals surface area (Å²) >= 11 is 2.83. The minimum absolute atomic E-state index is 0.0371. The van der Waals surface area contributed by atoms with Gasteiger partial charge in [-0.25, -0.2) is 9.37 Å². The van der Waals surface area contributed by atoms with Crippen LogP contribution in [0.1, 0.15) is 31.5 Å². The quantitative estimate of drug-likeness (QED) is 0.634. The van der Waals surface area contributed by atoms with E-state index in [0.29, 0.717) is 33.6 Å². The van der Waals surface area contributed by atoms with Gasteiger partial charge in [0.25, 0.3) is 5.56 Å². The molecule has 1 aliphatic carbocycles. The van der Waals surface area contributed by atoms with E-state index in [-0.39, 0.29) is 17.3 Å². The molecule has 0 atom stereocenters. The number of H-pyrrole nitrogens is 1. The van der Waals surface area contributed by atoms with Gasteiger partial charge in [0.2, 0.25) is 5.91 Å². The van der Waals surface area contributed by atoms with E-state index in [1.54, 1.807) is 12.1 Å². The van der Waals surface area contributed by atoms with Crippen LogP contribution in [0.4, 0.5) is 4.39 Å². The van der Waals surface area contributed by atoms with Crippen LogP contribution < -0.4 is 10.9 Å². The molecule has 0 aliphatic heterocycles. The Labute approximate surface area is 169 Å². The molecule has 4 rings (SSSR count). The molecule has 2 heterocycles. The third-order valence-corrected chi connectivity index (χ3v) is 6.66. The maximum Gasteiger partial charge on any atom is 0.260 e. The van der Waals surface area contributed by atoms with Gasteiger partial charge in [-0.15, -0.1) is 23.1 Å². The van der Waals surface area contributed by atoms with Crippen LogP contribution in [0.3, 0.4) is 0 Å². The third kappa shape index (κ3) is 4.28. The van der Waals surface area contributed by atoms with Crippen LogP contribution in [0.15, 0.2) is 34.4 Å². The number of aromatic amines is 1. The van der Waals surface area contributed by atoms with Crippen LogP contribution >= 0.6 is 23.1 Å². The molecule has 1 fully saturated rings. The van der Waals surface area contributed by atoms with Gasteiger partial charge in [-0.1, -0.05) is 25.0 Å². The Kier molecular flexibility index (Phi) is 5.77. The Morgan fingerprint density at radius 3 is 2.79 bits per heavy atom. The zero-order valence-electron chi connectivity index (χ0n) is 15.2. The van der Waals surface area contributed by atoms with Gasteiger partial charge in [0, 0.05) is 17.0 Å². The Balaban J connectivity index is 1.44. The zero-order chi connectivity index (χ0) is 19.5. The van der Waals surface area contributed by atoms with E-state index in [9.17, 15) is 14.0 Å². The highest BCUT2D eigenvalue weighted by molar-refractivity contribution is 7.99. The summed E-state index contributed by atoms with van der Waals surface area (Å²) in [5.41, 5.74) is 1.33. The first-order valence-corrected chi connectivity index (χ1v) is 11.3.